The summed E-state index contributed by atoms with van der Waals surface area (Å²) in [5.74, 6) is -0.777. The van der Waals surface area contributed by atoms with Crippen molar-refractivity contribution in [3.63, 3.8) is 0 Å². The van der Waals surface area contributed by atoms with Gasteiger partial charge in [-0.25, -0.2) is 9.59 Å². The van der Waals surface area contributed by atoms with Crippen molar-refractivity contribution in [2.24, 2.45) is 10.2 Å². The third-order valence-corrected chi connectivity index (χ3v) is 7.67. The van der Waals surface area contributed by atoms with Gasteiger partial charge >= 0.3 is 11.9 Å². The maximum absolute atomic E-state index is 11.7. The van der Waals surface area contributed by atoms with Gasteiger partial charge < -0.3 is 58.0 Å². The van der Waals surface area contributed by atoms with E-state index in [2.05, 4.69) is 20.1 Å². The van der Waals surface area contributed by atoms with Gasteiger partial charge in [0, 0.05) is 48.7 Å². The van der Waals surface area contributed by atoms with Crippen LogP contribution in [0.4, 0.5) is 0 Å². The molecule has 9 atom stereocenters. The van der Waals surface area contributed by atoms with Crippen LogP contribution in [0.25, 0.3) is 20.9 Å². The zero-order chi connectivity index (χ0) is 37.8. The molecule has 286 valence electrons. The molecule has 0 spiro atoms. The third-order valence-electron chi connectivity index (χ3n) is 7.67. The highest BCUT2D eigenvalue weighted by Crippen LogP contribution is 2.38. The lowest BCUT2D eigenvalue weighted by Crippen LogP contribution is -2.41. The highest BCUT2D eigenvalue weighted by Gasteiger charge is 2.49. The molecule has 51 heavy (non-hydrogen) atoms. The number of nitrogens with zero attached hydrogens (tertiary/aromatic N) is 6. The van der Waals surface area contributed by atoms with E-state index < -0.39 is 42.5 Å². The monoisotopic (exact) mass is 728 g/mol. The Bertz CT molecular complexity index is 1300. The molecule has 20 nitrogen and oxygen atoms in total. The summed E-state index contributed by atoms with van der Waals surface area (Å²) in [4.78, 5) is 28.6. The molecule has 0 aromatic carbocycles. The van der Waals surface area contributed by atoms with Crippen molar-refractivity contribution < 1.29 is 67.5 Å². The number of fused-ring (bicyclic) bond motifs is 1. The Morgan fingerprint density at radius 2 is 1.22 bits per heavy atom. The van der Waals surface area contributed by atoms with Crippen LogP contribution in [-0.4, -0.2) is 144 Å². The van der Waals surface area contributed by atoms with Gasteiger partial charge in [-0.1, -0.05) is 16.3 Å². The number of methoxy groups -OCH3 is 3. The zero-order valence-corrected chi connectivity index (χ0v) is 29.3. The van der Waals surface area contributed by atoms with Gasteiger partial charge in [0.25, 0.3) is 0 Å². The van der Waals surface area contributed by atoms with E-state index in [1.807, 2.05) is 0 Å². The fourth-order valence-electron chi connectivity index (χ4n) is 5.22. The molecule has 9 unspecified atom stereocenters. The number of esters is 2. The first-order valence-corrected chi connectivity index (χ1v) is 16.1. The molecule has 4 aliphatic rings. The molecule has 1 saturated heterocycles. The SMILES string of the molecule is CCOC(=O)C1=CC(OCOC)C(O)C(N=[N+]=[N-])C1.CCOC(=O)C1=CC(OCOC)C2OC2C1.COCOC1C=C(CO)CC(N=[N+]=[N-])C1O. The first-order valence-electron chi connectivity index (χ1n) is 16.1. The van der Waals surface area contributed by atoms with Crippen LogP contribution in [0.5, 0.6) is 0 Å². The van der Waals surface area contributed by atoms with E-state index in [4.69, 9.17) is 58.8 Å². The summed E-state index contributed by atoms with van der Waals surface area (Å²) >= 11 is 0. The van der Waals surface area contributed by atoms with E-state index in [1.165, 1.54) is 20.3 Å². The lowest BCUT2D eigenvalue weighted by atomic mass is 9.90. The van der Waals surface area contributed by atoms with Crippen LogP contribution in [-0.2, 0) is 52.2 Å². The number of carbonyl (C=O) groups is 2. The first-order chi connectivity index (χ1) is 24.6. The second kappa shape index (κ2) is 23.8. The quantitative estimate of drug-likeness (QED) is 0.0389. The molecule has 4 rings (SSSR count). The van der Waals surface area contributed by atoms with Gasteiger partial charge in [0.15, 0.2) is 0 Å². The third kappa shape index (κ3) is 14.1. The van der Waals surface area contributed by atoms with E-state index in [0.717, 1.165) is 0 Å². The summed E-state index contributed by atoms with van der Waals surface area (Å²) in [5.41, 5.74) is 18.5. The van der Waals surface area contributed by atoms with Crippen molar-refractivity contribution in [2.75, 3.05) is 61.5 Å². The molecule has 1 aliphatic heterocycles. The summed E-state index contributed by atoms with van der Waals surface area (Å²) in [6.07, 6.45) is 2.63. The van der Waals surface area contributed by atoms with Gasteiger partial charge in [-0.2, -0.15) is 0 Å². The molecule has 0 aromatic rings. The number of ether oxygens (including phenoxy) is 9. The maximum atomic E-state index is 11.7. The van der Waals surface area contributed by atoms with Gasteiger partial charge in [-0.05, 0) is 55.5 Å². The van der Waals surface area contributed by atoms with Crippen molar-refractivity contribution in [3.8, 4) is 0 Å². The molecular formula is C31H48N6O14. The Morgan fingerprint density at radius 3 is 1.69 bits per heavy atom. The normalized spacial score (nSPS) is 28.9. The molecule has 3 N–H and O–H groups in total. The van der Waals surface area contributed by atoms with E-state index >= 15 is 0 Å². The van der Waals surface area contributed by atoms with Crippen molar-refractivity contribution in [1.29, 1.82) is 0 Å². The number of carbonyl (C=O) groups excluding carboxylic acids is 2. The highest BCUT2D eigenvalue weighted by atomic mass is 16.7. The predicted octanol–water partition coefficient (Wildman–Crippen LogP) is 1.88. The van der Waals surface area contributed by atoms with Gasteiger partial charge in [-0.3, -0.25) is 0 Å². The average molecular weight is 729 g/mol. The van der Waals surface area contributed by atoms with Crippen LogP contribution < -0.4 is 0 Å². The molecule has 0 saturated carbocycles. The number of hydrogen-bond acceptors (Lipinski definition) is 16. The van der Waals surface area contributed by atoms with E-state index in [-0.39, 0.29) is 64.3 Å². The molecule has 20 heteroatoms. The Morgan fingerprint density at radius 1 is 0.765 bits per heavy atom. The van der Waals surface area contributed by atoms with Gasteiger partial charge in [0.2, 0.25) is 0 Å². The molecule has 1 fully saturated rings. The zero-order valence-electron chi connectivity index (χ0n) is 29.3. The van der Waals surface area contributed by atoms with Crippen LogP contribution in [0.3, 0.4) is 0 Å². The number of hydrogen-bond donors (Lipinski definition) is 3. The number of aliphatic hydroxyl groups is 3. The smallest absolute Gasteiger partial charge is 0.333 e. The van der Waals surface area contributed by atoms with Crippen LogP contribution >= 0.6 is 0 Å². The summed E-state index contributed by atoms with van der Waals surface area (Å²) < 4.78 is 45.4. The van der Waals surface area contributed by atoms with Gasteiger partial charge in [0.1, 0.15) is 44.8 Å². The van der Waals surface area contributed by atoms with Crippen molar-refractivity contribution in [2.45, 2.75) is 87.9 Å². The molecule has 0 amide bonds. The van der Waals surface area contributed by atoms with Crippen molar-refractivity contribution in [1.82, 2.24) is 0 Å². The number of rotatable bonds is 16. The lowest BCUT2D eigenvalue weighted by Gasteiger charge is -2.30. The average Bonchev–Trinajstić information content (AvgIpc) is 3.92. The second-order valence-electron chi connectivity index (χ2n) is 11.2. The summed E-state index contributed by atoms with van der Waals surface area (Å²) in [6.45, 7) is 4.15. The lowest BCUT2D eigenvalue weighted by molar-refractivity contribution is -0.140. The maximum Gasteiger partial charge on any atom is 0.333 e. The van der Waals surface area contributed by atoms with E-state index in [1.54, 1.807) is 33.1 Å². The Kier molecular flexibility index (Phi) is 20.3. The minimum atomic E-state index is -1.02. The standard InChI is InChI=1S/C11H17N3O5.C11H16O5.C9H15N3O4/c1-3-18-11(16)7-4-8(13-14-12)10(15)9(5-7)19-6-17-2;1-3-14-11(12)7-4-8(15-6-13-2)10-9(5-7)16-10;1-15-5-16-8-3-6(4-13)2-7(9(8)14)11-12-10/h5,8-10,15H,3-4,6H2,1-2H3;4,8-10H,3,5-6H2,1-2H3;3,7-9,13-14H,2,4-5H2,1H3. The fraction of sp³-hybridized carbons (Fsp3) is 0.742. The molecule has 3 aliphatic carbocycles. The van der Waals surface area contributed by atoms with Crippen LogP contribution in [0, 0.1) is 0 Å². The van der Waals surface area contributed by atoms with Crippen molar-refractivity contribution in [3.05, 3.63) is 55.8 Å². The molecule has 1 heterocycles. The Balaban J connectivity index is 0.000000266. The summed E-state index contributed by atoms with van der Waals surface area (Å²) in [7, 11) is 4.47. The molecule has 0 aromatic heterocycles. The Labute approximate surface area is 295 Å². The molecule has 0 radical (unpaired) electrons. The molecule has 0 bridgehead atoms. The van der Waals surface area contributed by atoms with E-state index in [0.29, 0.717) is 36.2 Å². The van der Waals surface area contributed by atoms with Crippen molar-refractivity contribution >= 4 is 11.9 Å². The van der Waals surface area contributed by atoms with Crippen LogP contribution in [0.15, 0.2) is 45.2 Å². The van der Waals surface area contributed by atoms with Crippen LogP contribution in [0.2, 0.25) is 0 Å². The Hall–Kier alpha value is -3.62. The van der Waals surface area contributed by atoms with Crippen LogP contribution in [0.1, 0.15) is 33.1 Å². The second-order valence-corrected chi connectivity index (χ2v) is 11.2. The topological polar surface area (TPSA) is 279 Å². The molecular weight excluding hydrogens is 680 g/mol. The van der Waals surface area contributed by atoms with E-state index in [9.17, 15) is 19.8 Å². The minimum absolute atomic E-state index is 0.0277. The first kappa shape index (κ1) is 43.5. The highest BCUT2D eigenvalue weighted by molar-refractivity contribution is 5.89. The number of aliphatic hydroxyl groups excluding tert-OH is 3. The van der Waals surface area contributed by atoms with Gasteiger partial charge in [-0.15, -0.1) is 0 Å². The summed E-state index contributed by atoms with van der Waals surface area (Å²) in [5, 5.41) is 35.8. The number of epoxide rings is 1. The fourth-order valence-corrected chi connectivity index (χ4v) is 5.22. The number of azide groups is 2. The predicted molar refractivity (Wildman–Crippen MR) is 175 cm³/mol. The minimum Gasteiger partial charge on any atom is -0.463 e. The largest absolute Gasteiger partial charge is 0.463 e. The van der Waals surface area contributed by atoms with Gasteiger partial charge in [0.05, 0.1) is 50.2 Å². The summed E-state index contributed by atoms with van der Waals surface area (Å²) in [6, 6.07) is -1.38.